The van der Waals surface area contributed by atoms with Crippen molar-refractivity contribution in [2.24, 2.45) is 0 Å². The van der Waals surface area contributed by atoms with Crippen LogP contribution in [-0.4, -0.2) is 47.0 Å². The van der Waals surface area contributed by atoms with E-state index in [4.69, 9.17) is 5.11 Å². The van der Waals surface area contributed by atoms with Crippen molar-refractivity contribution in [3.05, 3.63) is 0 Å². The normalized spacial score (nSPS) is 25.4. The second kappa shape index (κ2) is 3.52. The van der Waals surface area contributed by atoms with Crippen LogP contribution in [0.15, 0.2) is 0 Å². The molecule has 11 heavy (non-hydrogen) atoms. The van der Waals surface area contributed by atoms with Gasteiger partial charge in [-0.1, -0.05) is 0 Å². The van der Waals surface area contributed by atoms with Gasteiger partial charge >= 0.3 is 0 Å². The van der Waals surface area contributed by atoms with Crippen molar-refractivity contribution in [1.29, 1.82) is 0 Å². The quantitative estimate of drug-likeness (QED) is 0.587. The van der Waals surface area contributed by atoms with Crippen LogP contribution in [0.5, 0.6) is 0 Å². The van der Waals surface area contributed by atoms with Crippen LogP contribution in [0.4, 0.5) is 0 Å². The first-order valence-electron chi connectivity index (χ1n) is 4.20. The summed E-state index contributed by atoms with van der Waals surface area (Å²) in [6.07, 6.45) is 1.65. The topological polar surface area (TPSA) is 43.7 Å². The standard InChI is InChI=1S/C8H17NO2/c1-8(11)2-4-9(5-3-8)6-7-10/h10-11H,2-7H2,1H3. The number of aliphatic hydroxyl groups is 2. The number of β-amino-alcohol motifs (C(OH)–C–C–N with tert-alkyl or cyclic N) is 1. The molecule has 1 saturated heterocycles. The molecule has 1 aliphatic heterocycles. The van der Waals surface area contributed by atoms with E-state index in [0.717, 1.165) is 32.5 Å². The van der Waals surface area contributed by atoms with Crippen LogP contribution in [0.25, 0.3) is 0 Å². The maximum absolute atomic E-state index is 9.57. The molecule has 0 aromatic rings. The molecule has 0 aliphatic carbocycles. The molecule has 0 radical (unpaired) electrons. The van der Waals surface area contributed by atoms with E-state index in [-0.39, 0.29) is 6.61 Å². The predicted octanol–water partition coefficient (Wildman–Crippen LogP) is -0.175. The van der Waals surface area contributed by atoms with E-state index in [0.29, 0.717) is 0 Å². The summed E-state index contributed by atoms with van der Waals surface area (Å²) in [6, 6.07) is 0. The second-order valence-corrected chi connectivity index (χ2v) is 3.56. The molecule has 0 aromatic carbocycles. The van der Waals surface area contributed by atoms with Crippen molar-refractivity contribution in [2.75, 3.05) is 26.2 Å². The van der Waals surface area contributed by atoms with Gasteiger partial charge in [0.15, 0.2) is 0 Å². The Morgan fingerprint density at radius 2 is 1.91 bits per heavy atom. The van der Waals surface area contributed by atoms with E-state index in [1.165, 1.54) is 0 Å². The molecule has 0 aromatic heterocycles. The minimum atomic E-state index is -0.466. The van der Waals surface area contributed by atoms with E-state index in [9.17, 15) is 5.11 Å². The molecule has 0 unspecified atom stereocenters. The molecule has 0 atom stereocenters. The van der Waals surface area contributed by atoms with Crippen molar-refractivity contribution in [3.63, 3.8) is 0 Å². The summed E-state index contributed by atoms with van der Waals surface area (Å²) in [6.45, 7) is 4.67. The first-order chi connectivity index (χ1) is 5.14. The maximum Gasteiger partial charge on any atom is 0.0644 e. The number of piperidine rings is 1. The molecule has 1 aliphatic rings. The summed E-state index contributed by atoms with van der Waals surface area (Å²) in [5.74, 6) is 0. The van der Waals surface area contributed by atoms with Gasteiger partial charge in [0, 0.05) is 19.6 Å². The fourth-order valence-electron chi connectivity index (χ4n) is 1.40. The number of hydrogen-bond donors (Lipinski definition) is 2. The van der Waals surface area contributed by atoms with Crippen LogP contribution in [-0.2, 0) is 0 Å². The molecule has 0 saturated carbocycles. The molecule has 1 rings (SSSR count). The summed E-state index contributed by atoms with van der Waals surface area (Å²) in [4.78, 5) is 2.18. The SMILES string of the molecule is CC1(O)CCN(CCO)CC1. The molecule has 0 bridgehead atoms. The van der Waals surface area contributed by atoms with E-state index < -0.39 is 5.60 Å². The Labute approximate surface area is 67.6 Å². The fourth-order valence-corrected chi connectivity index (χ4v) is 1.40. The van der Waals surface area contributed by atoms with Gasteiger partial charge in [0.25, 0.3) is 0 Å². The molecule has 66 valence electrons. The van der Waals surface area contributed by atoms with E-state index >= 15 is 0 Å². The molecule has 1 fully saturated rings. The highest BCUT2D eigenvalue weighted by Crippen LogP contribution is 2.20. The molecule has 2 N–H and O–H groups in total. The number of likely N-dealkylation sites (tertiary alicyclic amines) is 1. The van der Waals surface area contributed by atoms with Crippen molar-refractivity contribution in [3.8, 4) is 0 Å². The Morgan fingerprint density at radius 1 is 1.36 bits per heavy atom. The Bertz CT molecular complexity index is 115. The van der Waals surface area contributed by atoms with Crippen LogP contribution < -0.4 is 0 Å². The van der Waals surface area contributed by atoms with Crippen LogP contribution in [0.3, 0.4) is 0 Å². The minimum absolute atomic E-state index is 0.224. The van der Waals surface area contributed by atoms with Crippen molar-refractivity contribution in [2.45, 2.75) is 25.4 Å². The van der Waals surface area contributed by atoms with E-state index in [2.05, 4.69) is 4.90 Å². The van der Waals surface area contributed by atoms with Crippen LogP contribution in [0, 0.1) is 0 Å². The fraction of sp³-hybridized carbons (Fsp3) is 1.00. The highest BCUT2D eigenvalue weighted by Gasteiger charge is 2.26. The lowest BCUT2D eigenvalue weighted by atomic mass is 9.94. The smallest absolute Gasteiger partial charge is 0.0644 e. The van der Waals surface area contributed by atoms with Gasteiger partial charge in [0.1, 0.15) is 0 Å². The highest BCUT2D eigenvalue weighted by molar-refractivity contribution is 4.81. The third kappa shape index (κ3) is 2.77. The molecular weight excluding hydrogens is 142 g/mol. The molecule has 0 spiro atoms. The van der Waals surface area contributed by atoms with Gasteiger partial charge in [-0.15, -0.1) is 0 Å². The van der Waals surface area contributed by atoms with Gasteiger partial charge in [-0.25, -0.2) is 0 Å². The Kier molecular flexibility index (Phi) is 2.87. The molecular formula is C8H17NO2. The molecule has 1 heterocycles. The summed E-state index contributed by atoms with van der Waals surface area (Å²) >= 11 is 0. The van der Waals surface area contributed by atoms with Gasteiger partial charge in [-0.3, -0.25) is 0 Å². The lowest BCUT2D eigenvalue weighted by molar-refractivity contribution is -0.00843. The lowest BCUT2D eigenvalue weighted by Crippen LogP contribution is -2.43. The van der Waals surface area contributed by atoms with Gasteiger partial charge in [0.2, 0.25) is 0 Å². The van der Waals surface area contributed by atoms with Crippen LogP contribution >= 0.6 is 0 Å². The summed E-state index contributed by atoms with van der Waals surface area (Å²) < 4.78 is 0. The summed E-state index contributed by atoms with van der Waals surface area (Å²) in [7, 11) is 0. The number of rotatable bonds is 2. The van der Waals surface area contributed by atoms with Gasteiger partial charge in [-0.05, 0) is 19.8 Å². The Morgan fingerprint density at radius 3 is 2.36 bits per heavy atom. The first kappa shape index (κ1) is 8.97. The lowest BCUT2D eigenvalue weighted by Gasteiger charge is -2.35. The number of hydrogen-bond acceptors (Lipinski definition) is 3. The monoisotopic (exact) mass is 159 g/mol. The number of nitrogens with zero attached hydrogens (tertiary/aromatic N) is 1. The zero-order valence-electron chi connectivity index (χ0n) is 7.08. The summed E-state index contributed by atoms with van der Waals surface area (Å²) in [5, 5.41) is 18.2. The van der Waals surface area contributed by atoms with E-state index in [1.807, 2.05) is 6.92 Å². The molecule has 3 nitrogen and oxygen atoms in total. The summed E-state index contributed by atoms with van der Waals surface area (Å²) in [5.41, 5.74) is -0.466. The van der Waals surface area contributed by atoms with Gasteiger partial charge in [-0.2, -0.15) is 0 Å². The zero-order chi connectivity index (χ0) is 8.32. The molecule has 0 amide bonds. The van der Waals surface area contributed by atoms with Crippen LogP contribution in [0.1, 0.15) is 19.8 Å². The maximum atomic E-state index is 9.57. The third-order valence-electron chi connectivity index (χ3n) is 2.35. The molecule has 3 heteroatoms. The Balaban J connectivity index is 2.25. The largest absolute Gasteiger partial charge is 0.395 e. The average Bonchev–Trinajstić information content (AvgIpc) is 1.94. The highest BCUT2D eigenvalue weighted by atomic mass is 16.3. The van der Waals surface area contributed by atoms with Crippen molar-refractivity contribution in [1.82, 2.24) is 4.90 Å². The van der Waals surface area contributed by atoms with E-state index in [1.54, 1.807) is 0 Å². The van der Waals surface area contributed by atoms with Crippen LogP contribution in [0.2, 0.25) is 0 Å². The van der Waals surface area contributed by atoms with Gasteiger partial charge < -0.3 is 15.1 Å². The van der Waals surface area contributed by atoms with Crippen molar-refractivity contribution < 1.29 is 10.2 Å². The average molecular weight is 159 g/mol. The van der Waals surface area contributed by atoms with Crippen molar-refractivity contribution >= 4 is 0 Å². The minimum Gasteiger partial charge on any atom is -0.395 e. The Hall–Kier alpha value is -0.120. The number of aliphatic hydroxyl groups excluding tert-OH is 1. The first-order valence-corrected chi connectivity index (χ1v) is 4.20. The zero-order valence-corrected chi connectivity index (χ0v) is 7.08. The third-order valence-corrected chi connectivity index (χ3v) is 2.35. The second-order valence-electron chi connectivity index (χ2n) is 3.56. The van der Waals surface area contributed by atoms with Gasteiger partial charge in [0.05, 0.1) is 12.2 Å². The predicted molar refractivity (Wildman–Crippen MR) is 43.4 cm³/mol.